The number of aryl methyl sites for hydroxylation is 1. The van der Waals surface area contributed by atoms with Crippen LogP contribution in [0.1, 0.15) is 27.3 Å². The van der Waals surface area contributed by atoms with Gasteiger partial charge in [0, 0.05) is 11.3 Å². The first-order valence-corrected chi connectivity index (χ1v) is 11.7. The largest absolute Gasteiger partial charge is 0.433 e. The second-order valence-corrected chi connectivity index (χ2v) is 8.88. The van der Waals surface area contributed by atoms with Gasteiger partial charge in [-0.1, -0.05) is 90.0 Å². The van der Waals surface area contributed by atoms with E-state index < -0.39 is 17.8 Å². The van der Waals surface area contributed by atoms with Crippen LogP contribution in [0.25, 0.3) is 16.9 Å². The van der Waals surface area contributed by atoms with Gasteiger partial charge in [0.05, 0.1) is 12.2 Å². The number of carbonyl (C=O) groups is 1. The summed E-state index contributed by atoms with van der Waals surface area (Å²) < 4.78 is 42.9. The third-order valence-electron chi connectivity index (χ3n) is 5.87. The van der Waals surface area contributed by atoms with Crippen molar-refractivity contribution in [3.8, 4) is 11.3 Å². The highest BCUT2D eigenvalue weighted by Gasteiger charge is 2.37. The maximum atomic E-state index is 14.1. The molecule has 186 valence electrons. The highest BCUT2D eigenvalue weighted by atomic mass is 35.5. The number of hydrogen-bond donors (Lipinski definition) is 0. The third-order valence-corrected chi connectivity index (χ3v) is 6.22. The number of rotatable bonds is 5. The second-order valence-electron chi connectivity index (χ2n) is 8.50. The smallest absolute Gasteiger partial charge is 0.303 e. The van der Waals surface area contributed by atoms with Crippen molar-refractivity contribution in [3.63, 3.8) is 0 Å². The Morgan fingerprint density at radius 2 is 1.57 bits per heavy atom. The number of alkyl halides is 3. The Bertz CT molecular complexity index is 1570. The lowest BCUT2D eigenvalue weighted by molar-refractivity contribution is -0.142. The highest BCUT2D eigenvalue weighted by Crippen LogP contribution is 2.35. The Hall–Kier alpha value is -4.17. The summed E-state index contributed by atoms with van der Waals surface area (Å²) in [5, 5.41) is 3.78. The number of aromatic nitrogens is 3. The van der Waals surface area contributed by atoms with Crippen LogP contribution in [-0.2, 0) is 12.7 Å². The van der Waals surface area contributed by atoms with Crippen molar-refractivity contribution in [2.75, 3.05) is 4.90 Å². The zero-order chi connectivity index (χ0) is 26.2. The molecule has 0 radical (unpaired) electrons. The minimum absolute atomic E-state index is 0.0739. The Kier molecular flexibility index (Phi) is 6.43. The van der Waals surface area contributed by atoms with Gasteiger partial charge in [-0.15, -0.1) is 0 Å². The predicted molar refractivity (Wildman–Crippen MR) is 137 cm³/mol. The van der Waals surface area contributed by atoms with Gasteiger partial charge >= 0.3 is 6.18 Å². The molecule has 5 aromatic rings. The van der Waals surface area contributed by atoms with Crippen molar-refractivity contribution in [1.82, 2.24) is 14.6 Å². The van der Waals surface area contributed by atoms with E-state index in [1.54, 1.807) is 54.6 Å². The van der Waals surface area contributed by atoms with Gasteiger partial charge in [0.25, 0.3) is 5.91 Å². The predicted octanol–water partition coefficient (Wildman–Crippen LogP) is 7.22. The molecule has 0 aliphatic heterocycles. The zero-order valence-corrected chi connectivity index (χ0v) is 20.3. The minimum Gasteiger partial charge on any atom is -0.303 e. The number of amides is 1. The van der Waals surface area contributed by atoms with Crippen LogP contribution in [0.5, 0.6) is 0 Å². The molecule has 0 N–H and O–H groups in total. The van der Waals surface area contributed by atoms with Gasteiger partial charge in [-0.05, 0) is 30.7 Å². The summed E-state index contributed by atoms with van der Waals surface area (Å²) in [4.78, 5) is 19.5. The molecule has 37 heavy (non-hydrogen) atoms. The molecule has 9 heteroatoms. The molecule has 0 saturated carbocycles. The van der Waals surface area contributed by atoms with Gasteiger partial charge < -0.3 is 4.90 Å². The fourth-order valence-electron chi connectivity index (χ4n) is 3.98. The Morgan fingerprint density at radius 3 is 2.19 bits per heavy atom. The number of carbonyl (C=O) groups excluding carboxylic acids is 1. The molecule has 0 aliphatic carbocycles. The molecule has 5 rings (SSSR count). The van der Waals surface area contributed by atoms with Crippen molar-refractivity contribution >= 4 is 28.8 Å². The fourth-order valence-corrected chi connectivity index (χ4v) is 4.23. The van der Waals surface area contributed by atoms with Crippen LogP contribution in [0, 0.1) is 6.92 Å². The Labute approximate surface area is 215 Å². The lowest BCUT2D eigenvalue weighted by Gasteiger charge is -2.22. The monoisotopic (exact) mass is 520 g/mol. The number of benzene rings is 3. The number of fused-ring (bicyclic) bond motifs is 1. The van der Waals surface area contributed by atoms with E-state index in [0.717, 1.165) is 17.2 Å². The third kappa shape index (κ3) is 4.93. The molecular formula is C28H20ClF3N4O. The van der Waals surface area contributed by atoms with Crippen molar-refractivity contribution in [2.24, 2.45) is 0 Å². The van der Waals surface area contributed by atoms with E-state index in [1.807, 2.05) is 37.3 Å². The first kappa shape index (κ1) is 24.5. The maximum absolute atomic E-state index is 14.1. The number of para-hydroxylation sites is 1. The van der Waals surface area contributed by atoms with Gasteiger partial charge in [-0.3, -0.25) is 4.79 Å². The van der Waals surface area contributed by atoms with Crippen molar-refractivity contribution in [2.45, 2.75) is 19.6 Å². The summed E-state index contributed by atoms with van der Waals surface area (Å²) in [6, 6.07) is 25.9. The molecule has 0 aliphatic rings. The van der Waals surface area contributed by atoms with E-state index in [2.05, 4.69) is 10.1 Å². The van der Waals surface area contributed by atoms with Gasteiger partial charge in [0.15, 0.2) is 17.0 Å². The first-order valence-electron chi connectivity index (χ1n) is 11.4. The number of halogens is 4. The Balaban J connectivity index is 1.66. The van der Waals surface area contributed by atoms with Crippen LogP contribution in [0.2, 0.25) is 5.02 Å². The van der Waals surface area contributed by atoms with E-state index in [1.165, 1.54) is 4.90 Å². The fraction of sp³-hybridized carbons (Fsp3) is 0.107. The minimum atomic E-state index is -4.76. The van der Waals surface area contributed by atoms with Gasteiger partial charge in [-0.2, -0.15) is 18.3 Å². The summed E-state index contributed by atoms with van der Waals surface area (Å²) in [6.45, 7) is 2.04. The molecule has 0 fully saturated rings. The standard InChI is InChI=1S/C28H20ClF3N4O/c1-18-12-14-20(15-13-18)22-16-23(28(30,31)32)36-26(33-22)24(29)25(34-36)27(37)35(21-10-6-3-7-11-21)17-19-8-4-2-5-9-19/h2-16H,17H2,1H3. The topological polar surface area (TPSA) is 50.5 Å². The summed E-state index contributed by atoms with van der Waals surface area (Å²) in [5.74, 6) is -0.643. The first-order chi connectivity index (χ1) is 17.7. The summed E-state index contributed by atoms with van der Waals surface area (Å²) >= 11 is 6.53. The van der Waals surface area contributed by atoms with Crippen molar-refractivity contribution in [1.29, 1.82) is 0 Å². The van der Waals surface area contributed by atoms with Crippen LogP contribution in [0.15, 0.2) is 91.0 Å². The number of hydrogen-bond acceptors (Lipinski definition) is 3. The molecule has 0 saturated heterocycles. The van der Waals surface area contributed by atoms with E-state index in [-0.39, 0.29) is 28.6 Å². The molecular weight excluding hydrogens is 501 g/mol. The average molecular weight is 521 g/mol. The molecule has 2 aromatic heterocycles. The van der Waals surface area contributed by atoms with E-state index in [4.69, 9.17) is 11.6 Å². The molecule has 0 spiro atoms. The second kappa shape index (κ2) is 9.71. The van der Waals surface area contributed by atoms with E-state index >= 15 is 0 Å². The van der Waals surface area contributed by atoms with Crippen LogP contribution in [0.4, 0.5) is 18.9 Å². The lowest BCUT2D eigenvalue weighted by Crippen LogP contribution is -2.31. The normalized spacial score (nSPS) is 11.6. The van der Waals surface area contributed by atoms with Gasteiger partial charge in [0.1, 0.15) is 5.02 Å². The quantitative estimate of drug-likeness (QED) is 0.246. The zero-order valence-electron chi connectivity index (χ0n) is 19.6. The molecule has 0 atom stereocenters. The van der Waals surface area contributed by atoms with Crippen LogP contribution in [-0.4, -0.2) is 20.5 Å². The van der Waals surface area contributed by atoms with Crippen molar-refractivity contribution < 1.29 is 18.0 Å². The van der Waals surface area contributed by atoms with Crippen LogP contribution < -0.4 is 4.90 Å². The molecule has 5 nitrogen and oxygen atoms in total. The lowest BCUT2D eigenvalue weighted by atomic mass is 10.1. The van der Waals surface area contributed by atoms with Gasteiger partial charge in [-0.25, -0.2) is 9.50 Å². The molecule has 1 amide bonds. The highest BCUT2D eigenvalue weighted by molar-refractivity contribution is 6.37. The summed E-state index contributed by atoms with van der Waals surface area (Å²) in [6.07, 6.45) is -4.76. The van der Waals surface area contributed by atoms with Crippen LogP contribution in [0.3, 0.4) is 0 Å². The molecule has 0 unspecified atom stereocenters. The molecule has 0 bridgehead atoms. The number of nitrogens with zero attached hydrogens (tertiary/aromatic N) is 4. The van der Waals surface area contributed by atoms with E-state index in [9.17, 15) is 18.0 Å². The molecule has 2 heterocycles. The Morgan fingerprint density at radius 1 is 0.946 bits per heavy atom. The van der Waals surface area contributed by atoms with Crippen LogP contribution >= 0.6 is 11.6 Å². The maximum Gasteiger partial charge on any atom is 0.433 e. The molecule has 3 aromatic carbocycles. The average Bonchev–Trinajstić information content (AvgIpc) is 3.23. The van der Waals surface area contributed by atoms with Gasteiger partial charge in [0.2, 0.25) is 0 Å². The van der Waals surface area contributed by atoms with Crippen molar-refractivity contribution in [3.05, 3.63) is 119 Å². The summed E-state index contributed by atoms with van der Waals surface area (Å²) in [7, 11) is 0. The number of anilines is 1. The SMILES string of the molecule is Cc1ccc(-c2cc(C(F)(F)F)n3nc(C(=O)N(Cc4ccccc4)c4ccccc4)c(Cl)c3n2)cc1. The van der Waals surface area contributed by atoms with E-state index in [0.29, 0.717) is 15.8 Å². The summed E-state index contributed by atoms with van der Waals surface area (Å²) in [5.41, 5.74) is 1.25.